The molecule has 2 aliphatic rings. The number of nitrogens with one attached hydrogen (secondary N) is 2. The monoisotopic (exact) mass is 431 g/mol. The van der Waals surface area contributed by atoms with Gasteiger partial charge < -0.3 is 25.0 Å². The van der Waals surface area contributed by atoms with Gasteiger partial charge in [-0.3, -0.25) is 9.89 Å². The van der Waals surface area contributed by atoms with E-state index < -0.39 is 0 Å². The second-order valence-electron chi connectivity index (χ2n) is 8.96. The van der Waals surface area contributed by atoms with E-state index in [4.69, 9.17) is 9.47 Å². The third-order valence-electron chi connectivity index (χ3n) is 6.71. The van der Waals surface area contributed by atoms with Gasteiger partial charge in [0.15, 0.2) is 17.5 Å². The van der Waals surface area contributed by atoms with E-state index in [1.54, 1.807) is 7.11 Å². The van der Waals surface area contributed by atoms with Crippen LogP contribution in [0.4, 0.5) is 0 Å². The lowest BCUT2D eigenvalue weighted by atomic mass is 9.84. The third kappa shape index (κ3) is 6.50. The van der Waals surface area contributed by atoms with Crippen molar-refractivity contribution in [2.45, 2.75) is 50.7 Å². The van der Waals surface area contributed by atoms with Gasteiger partial charge in [-0.2, -0.15) is 0 Å². The molecule has 31 heavy (non-hydrogen) atoms. The summed E-state index contributed by atoms with van der Waals surface area (Å²) in [5.74, 6) is 2.35. The normalized spacial score (nSPS) is 21.4. The highest BCUT2D eigenvalue weighted by molar-refractivity contribution is 5.79. The van der Waals surface area contributed by atoms with E-state index in [2.05, 4.69) is 39.4 Å². The number of benzene rings is 1. The number of ether oxygens (including phenoxy) is 2. The lowest BCUT2D eigenvalue weighted by molar-refractivity contribution is 0.0173. The molecule has 174 valence electrons. The summed E-state index contributed by atoms with van der Waals surface area (Å²) in [7, 11) is 5.73. The Morgan fingerprint density at radius 1 is 1.06 bits per heavy atom. The number of para-hydroxylation sites is 2. The Morgan fingerprint density at radius 2 is 1.74 bits per heavy atom. The first-order valence-electron chi connectivity index (χ1n) is 11.7. The van der Waals surface area contributed by atoms with Gasteiger partial charge in [0.25, 0.3) is 0 Å². The number of hydrogen-bond donors (Lipinski definition) is 2. The van der Waals surface area contributed by atoms with E-state index in [1.807, 2.05) is 31.3 Å². The molecule has 7 nitrogen and oxygen atoms in total. The third-order valence-corrected chi connectivity index (χ3v) is 6.71. The van der Waals surface area contributed by atoms with Crippen LogP contribution in [0.3, 0.4) is 0 Å². The average Bonchev–Trinajstić information content (AvgIpc) is 2.81. The predicted octanol–water partition coefficient (Wildman–Crippen LogP) is 2.58. The van der Waals surface area contributed by atoms with Gasteiger partial charge in [-0.15, -0.1) is 0 Å². The van der Waals surface area contributed by atoms with E-state index >= 15 is 0 Å². The van der Waals surface area contributed by atoms with Gasteiger partial charge in [-0.05, 0) is 78.0 Å². The second kappa shape index (κ2) is 11.6. The van der Waals surface area contributed by atoms with Crippen molar-refractivity contribution >= 4 is 5.96 Å². The molecule has 2 saturated heterocycles. The van der Waals surface area contributed by atoms with Crippen LogP contribution in [0.25, 0.3) is 0 Å². The van der Waals surface area contributed by atoms with Crippen molar-refractivity contribution in [3.8, 4) is 11.5 Å². The standard InChI is InChI=1S/C24H41N5O2/c1-20(31-22-11-7-6-10-21(22)30-4)18-26-23(25-2)27-19-24(12-16-28(3)17-13-24)29-14-8-5-9-15-29/h6-7,10-11,20H,5,8-9,12-19H2,1-4H3,(H2,25,26,27). The fourth-order valence-electron chi connectivity index (χ4n) is 4.69. The zero-order valence-electron chi connectivity index (χ0n) is 19.8. The molecule has 0 aromatic heterocycles. The van der Waals surface area contributed by atoms with Crippen molar-refractivity contribution in [2.75, 3.05) is 60.5 Å². The van der Waals surface area contributed by atoms with Crippen LogP contribution in [0.15, 0.2) is 29.3 Å². The van der Waals surface area contributed by atoms with Crippen LogP contribution in [-0.4, -0.2) is 87.9 Å². The Morgan fingerprint density at radius 3 is 2.39 bits per heavy atom. The summed E-state index contributed by atoms with van der Waals surface area (Å²) >= 11 is 0. The molecule has 0 spiro atoms. The Kier molecular flexibility index (Phi) is 8.84. The maximum Gasteiger partial charge on any atom is 0.191 e. The minimum atomic E-state index is -0.0192. The maximum absolute atomic E-state index is 6.07. The van der Waals surface area contributed by atoms with Crippen LogP contribution in [0.5, 0.6) is 11.5 Å². The topological polar surface area (TPSA) is 61.4 Å². The van der Waals surface area contributed by atoms with Crippen molar-refractivity contribution in [1.29, 1.82) is 0 Å². The number of piperidine rings is 2. The molecule has 1 aromatic rings. The average molecular weight is 432 g/mol. The van der Waals surface area contributed by atoms with Crippen LogP contribution in [-0.2, 0) is 0 Å². The van der Waals surface area contributed by atoms with Gasteiger partial charge in [-0.25, -0.2) is 0 Å². The first-order valence-corrected chi connectivity index (χ1v) is 11.7. The molecule has 0 aliphatic carbocycles. The minimum absolute atomic E-state index is 0.0192. The van der Waals surface area contributed by atoms with Crippen molar-refractivity contribution in [1.82, 2.24) is 20.4 Å². The smallest absolute Gasteiger partial charge is 0.191 e. The largest absolute Gasteiger partial charge is 0.493 e. The van der Waals surface area contributed by atoms with Crippen molar-refractivity contribution in [2.24, 2.45) is 4.99 Å². The number of hydrogen-bond acceptors (Lipinski definition) is 5. The molecule has 1 atom stereocenters. The Labute approximate surface area is 188 Å². The van der Waals surface area contributed by atoms with E-state index in [-0.39, 0.29) is 11.6 Å². The van der Waals surface area contributed by atoms with Crippen molar-refractivity contribution in [3.05, 3.63) is 24.3 Å². The molecule has 0 radical (unpaired) electrons. The lowest BCUT2D eigenvalue weighted by Crippen LogP contribution is -2.62. The van der Waals surface area contributed by atoms with Crippen molar-refractivity contribution in [3.63, 3.8) is 0 Å². The van der Waals surface area contributed by atoms with Crippen LogP contribution < -0.4 is 20.1 Å². The van der Waals surface area contributed by atoms with E-state index in [9.17, 15) is 0 Å². The molecular formula is C24H41N5O2. The van der Waals surface area contributed by atoms with E-state index in [1.165, 1.54) is 45.2 Å². The molecule has 2 fully saturated rings. The number of rotatable bonds is 8. The zero-order valence-corrected chi connectivity index (χ0v) is 19.8. The summed E-state index contributed by atoms with van der Waals surface area (Å²) in [5.41, 5.74) is 0.226. The predicted molar refractivity (Wildman–Crippen MR) is 127 cm³/mol. The molecule has 0 saturated carbocycles. The number of nitrogens with zero attached hydrogens (tertiary/aromatic N) is 3. The molecule has 0 bridgehead atoms. The first kappa shape index (κ1) is 23.7. The summed E-state index contributed by atoms with van der Waals surface area (Å²) in [4.78, 5) is 9.66. The first-order chi connectivity index (χ1) is 15.1. The summed E-state index contributed by atoms with van der Waals surface area (Å²) in [6.45, 7) is 8.42. The summed E-state index contributed by atoms with van der Waals surface area (Å²) in [6, 6.07) is 7.75. The highest BCUT2D eigenvalue weighted by Crippen LogP contribution is 2.31. The molecule has 1 unspecified atom stereocenters. The highest BCUT2D eigenvalue weighted by Gasteiger charge is 2.39. The summed E-state index contributed by atoms with van der Waals surface area (Å²) < 4.78 is 11.5. The Hall–Kier alpha value is -1.99. The van der Waals surface area contributed by atoms with Gasteiger partial charge in [0, 0.05) is 19.1 Å². The van der Waals surface area contributed by atoms with Gasteiger partial charge in [-0.1, -0.05) is 18.6 Å². The van der Waals surface area contributed by atoms with Gasteiger partial charge in [0.1, 0.15) is 6.10 Å². The molecule has 3 rings (SSSR count). The summed E-state index contributed by atoms with van der Waals surface area (Å²) in [6.07, 6.45) is 6.41. The number of guanidine groups is 1. The fraction of sp³-hybridized carbons (Fsp3) is 0.708. The van der Waals surface area contributed by atoms with Crippen LogP contribution in [0.2, 0.25) is 0 Å². The minimum Gasteiger partial charge on any atom is -0.493 e. The van der Waals surface area contributed by atoms with Crippen LogP contribution >= 0.6 is 0 Å². The zero-order chi connectivity index (χ0) is 22.1. The quantitative estimate of drug-likeness (QED) is 0.487. The van der Waals surface area contributed by atoms with E-state index in [0.717, 1.165) is 37.1 Å². The van der Waals surface area contributed by atoms with Gasteiger partial charge in [0.05, 0.1) is 13.7 Å². The SMILES string of the molecule is CN=C(NCC(C)Oc1ccccc1OC)NCC1(N2CCCCC2)CCN(C)CC1. The highest BCUT2D eigenvalue weighted by atomic mass is 16.5. The molecule has 2 aliphatic heterocycles. The molecule has 7 heteroatoms. The number of likely N-dealkylation sites (tertiary alicyclic amines) is 2. The second-order valence-corrected chi connectivity index (χ2v) is 8.96. The Bertz CT molecular complexity index is 697. The molecule has 2 N–H and O–H groups in total. The summed E-state index contributed by atoms with van der Waals surface area (Å²) in [5, 5.41) is 7.07. The molecule has 1 aromatic carbocycles. The Balaban J connectivity index is 1.53. The van der Waals surface area contributed by atoms with Crippen LogP contribution in [0, 0.1) is 0 Å². The number of methoxy groups -OCH3 is 1. The molecule has 2 heterocycles. The van der Waals surface area contributed by atoms with E-state index in [0.29, 0.717) is 6.54 Å². The van der Waals surface area contributed by atoms with Gasteiger partial charge in [0.2, 0.25) is 0 Å². The van der Waals surface area contributed by atoms with Crippen molar-refractivity contribution < 1.29 is 9.47 Å². The fourth-order valence-corrected chi connectivity index (χ4v) is 4.69. The van der Waals surface area contributed by atoms with Gasteiger partial charge >= 0.3 is 0 Å². The molecular weight excluding hydrogens is 390 g/mol. The maximum atomic E-state index is 6.07. The lowest BCUT2D eigenvalue weighted by Gasteiger charge is -2.50. The molecule has 0 amide bonds. The van der Waals surface area contributed by atoms with Crippen LogP contribution in [0.1, 0.15) is 39.0 Å². The number of aliphatic imine (C=N–C) groups is 1.